The van der Waals surface area contributed by atoms with Gasteiger partial charge in [0.1, 0.15) is 0 Å². The van der Waals surface area contributed by atoms with Crippen LogP contribution < -0.4 is 0 Å². The van der Waals surface area contributed by atoms with E-state index in [1.807, 2.05) is 35.1 Å². The minimum absolute atomic E-state index is 0.193. The smallest absolute Gasteiger partial charge is 0.311 e. The first-order valence-corrected chi connectivity index (χ1v) is 8.72. The van der Waals surface area contributed by atoms with Crippen LogP contribution in [-0.4, -0.2) is 50.6 Å². The molecule has 3 heterocycles. The van der Waals surface area contributed by atoms with Gasteiger partial charge in [0.25, 0.3) is 5.91 Å². The quantitative estimate of drug-likeness (QED) is 0.873. The number of nitrogens with zero attached hydrogens (tertiary/aromatic N) is 3. The molecule has 1 aliphatic rings. The van der Waals surface area contributed by atoms with E-state index < -0.39 is 11.4 Å². The van der Waals surface area contributed by atoms with E-state index >= 15 is 0 Å². The van der Waals surface area contributed by atoms with Gasteiger partial charge in [-0.2, -0.15) is 0 Å². The molecule has 1 fully saturated rings. The number of carbonyl (C=O) groups is 2. The van der Waals surface area contributed by atoms with Crippen LogP contribution >= 0.6 is 11.8 Å². The number of carbonyl (C=O) groups excluding carboxylic acids is 1. The molecular formula is C16H19N3O3S. The summed E-state index contributed by atoms with van der Waals surface area (Å²) in [6, 6.07) is 5.63. The largest absolute Gasteiger partial charge is 0.481 e. The first kappa shape index (κ1) is 15.9. The molecule has 0 saturated carbocycles. The Morgan fingerprint density at radius 3 is 2.87 bits per heavy atom. The maximum Gasteiger partial charge on any atom is 0.311 e. The molecule has 0 aliphatic carbocycles. The van der Waals surface area contributed by atoms with Crippen LogP contribution in [0.15, 0.2) is 29.6 Å². The number of rotatable bonds is 3. The number of carboxylic acids is 1. The molecule has 1 amide bonds. The van der Waals surface area contributed by atoms with Crippen LogP contribution in [-0.2, 0) is 4.79 Å². The highest BCUT2D eigenvalue weighted by Gasteiger charge is 2.40. The Hall–Kier alpha value is -2.02. The first-order valence-electron chi connectivity index (χ1n) is 7.50. The summed E-state index contributed by atoms with van der Waals surface area (Å²) in [4.78, 5) is 30.5. The van der Waals surface area contributed by atoms with E-state index in [1.165, 1.54) is 11.8 Å². The zero-order valence-corrected chi connectivity index (χ0v) is 14.0. The molecule has 7 heteroatoms. The van der Waals surface area contributed by atoms with E-state index in [0.717, 1.165) is 10.7 Å². The minimum atomic E-state index is -0.883. The first-order chi connectivity index (χ1) is 11.0. The molecule has 0 aromatic carbocycles. The second kappa shape index (κ2) is 5.88. The number of likely N-dealkylation sites (tertiary alicyclic amines) is 1. The van der Waals surface area contributed by atoms with Crippen molar-refractivity contribution in [1.29, 1.82) is 0 Å². The summed E-state index contributed by atoms with van der Waals surface area (Å²) in [6.07, 6.45) is 5.07. The summed E-state index contributed by atoms with van der Waals surface area (Å²) in [5.41, 5.74) is 0.264. The van der Waals surface area contributed by atoms with Crippen LogP contribution in [0.25, 0.3) is 5.52 Å². The van der Waals surface area contributed by atoms with Gasteiger partial charge in [-0.05, 0) is 38.2 Å². The number of pyridine rings is 1. The number of thioether (sulfide) groups is 1. The molecule has 23 heavy (non-hydrogen) atoms. The van der Waals surface area contributed by atoms with Gasteiger partial charge in [-0.25, -0.2) is 4.98 Å². The fraction of sp³-hybridized carbons (Fsp3) is 0.438. The van der Waals surface area contributed by atoms with Crippen LogP contribution in [0.3, 0.4) is 0 Å². The monoisotopic (exact) mass is 333 g/mol. The van der Waals surface area contributed by atoms with Crippen molar-refractivity contribution in [3.63, 3.8) is 0 Å². The number of piperidine rings is 1. The number of hydrogen-bond donors (Lipinski definition) is 1. The summed E-state index contributed by atoms with van der Waals surface area (Å²) >= 11 is 1.47. The van der Waals surface area contributed by atoms with Crippen LogP contribution in [0, 0.1) is 5.41 Å². The van der Waals surface area contributed by atoms with Gasteiger partial charge >= 0.3 is 5.97 Å². The molecule has 1 N–H and O–H groups in total. The zero-order valence-electron chi connectivity index (χ0n) is 13.2. The van der Waals surface area contributed by atoms with Gasteiger partial charge in [-0.3, -0.25) is 14.0 Å². The Bertz CT molecular complexity index is 773. The van der Waals surface area contributed by atoms with Crippen molar-refractivity contribution in [2.75, 3.05) is 19.3 Å². The average Bonchev–Trinajstić information content (AvgIpc) is 2.93. The Kier molecular flexibility index (Phi) is 4.06. The lowest BCUT2D eigenvalue weighted by atomic mass is 9.82. The zero-order chi connectivity index (χ0) is 16.6. The maximum atomic E-state index is 12.9. The van der Waals surface area contributed by atoms with Crippen molar-refractivity contribution in [2.24, 2.45) is 5.41 Å². The van der Waals surface area contributed by atoms with Crippen LogP contribution in [0.5, 0.6) is 0 Å². The topological polar surface area (TPSA) is 74.9 Å². The number of amides is 1. The highest BCUT2D eigenvalue weighted by molar-refractivity contribution is 7.98. The molecule has 1 unspecified atom stereocenters. The Morgan fingerprint density at radius 1 is 1.39 bits per heavy atom. The third kappa shape index (κ3) is 2.69. The Balaban J connectivity index is 1.96. The van der Waals surface area contributed by atoms with Gasteiger partial charge in [0.05, 0.1) is 10.9 Å². The highest BCUT2D eigenvalue weighted by Crippen LogP contribution is 2.31. The molecule has 2 aromatic rings. The molecule has 6 nitrogen and oxygen atoms in total. The van der Waals surface area contributed by atoms with Gasteiger partial charge in [0.2, 0.25) is 0 Å². The maximum absolute atomic E-state index is 12.9. The standard InChI is InChI=1S/C16H19N3O3S/c1-16(14(21)22)7-5-8-18(10-16)13(20)12-11-6-3-4-9-19(11)15(17-12)23-2/h3-4,6,9H,5,7-8,10H2,1-2H3,(H,21,22). The Morgan fingerprint density at radius 2 is 2.17 bits per heavy atom. The van der Waals surface area contributed by atoms with Crippen molar-refractivity contribution < 1.29 is 14.7 Å². The molecule has 122 valence electrons. The number of fused-ring (bicyclic) bond motifs is 1. The van der Waals surface area contributed by atoms with Gasteiger partial charge < -0.3 is 10.0 Å². The summed E-state index contributed by atoms with van der Waals surface area (Å²) in [5, 5.41) is 10.2. The van der Waals surface area contributed by atoms with Crippen molar-refractivity contribution in [3.05, 3.63) is 30.1 Å². The third-order valence-corrected chi connectivity index (χ3v) is 5.05. The predicted molar refractivity (Wildman–Crippen MR) is 87.9 cm³/mol. The second-order valence-electron chi connectivity index (χ2n) is 6.10. The molecule has 1 atom stereocenters. The van der Waals surface area contributed by atoms with Crippen molar-refractivity contribution >= 4 is 29.2 Å². The minimum Gasteiger partial charge on any atom is -0.481 e. The lowest BCUT2D eigenvalue weighted by Crippen LogP contribution is -2.48. The number of hydrogen-bond acceptors (Lipinski definition) is 4. The molecule has 3 rings (SSSR count). The average molecular weight is 333 g/mol. The lowest BCUT2D eigenvalue weighted by molar-refractivity contribution is -0.150. The van der Waals surface area contributed by atoms with E-state index in [2.05, 4.69) is 4.98 Å². The van der Waals surface area contributed by atoms with Crippen LogP contribution in [0.1, 0.15) is 30.3 Å². The Labute approximate surface area is 138 Å². The van der Waals surface area contributed by atoms with E-state index in [-0.39, 0.29) is 12.5 Å². The molecule has 0 spiro atoms. The summed E-state index contributed by atoms with van der Waals surface area (Å²) < 4.78 is 1.89. The van der Waals surface area contributed by atoms with Gasteiger partial charge in [-0.15, -0.1) is 0 Å². The number of carboxylic acid groups (broad SMARTS) is 1. The van der Waals surface area contributed by atoms with E-state index in [1.54, 1.807) is 11.8 Å². The molecule has 1 saturated heterocycles. The van der Waals surface area contributed by atoms with E-state index in [4.69, 9.17) is 0 Å². The van der Waals surface area contributed by atoms with Crippen molar-refractivity contribution in [2.45, 2.75) is 24.9 Å². The number of imidazole rings is 1. The SMILES string of the molecule is CSc1nc(C(=O)N2CCCC(C)(C(=O)O)C2)c2ccccn12. The third-order valence-electron chi connectivity index (χ3n) is 4.40. The fourth-order valence-corrected chi connectivity index (χ4v) is 3.59. The predicted octanol–water partition coefficient (Wildman–Crippen LogP) is 2.38. The van der Waals surface area contributed by atoms with Gasteiger partial charge in [-0.1, -0.05) is 17.8 Å². The normalized spacial score (nSPS) is 21.6. The van der Waals surface area contributed by atoms with Crippen molar-refractivity contribution in [3.8, 4) is 0 Å². The van der Waals surface area contributed by atoms with Crippen LogP contribution in [0.2, 0.25) is 0 Å². The molecule has 0 bridgehead atoms. The summed E-state index contributed by atoms with van der Waals surface area (Å²) in [5.74, 6) is -1.05. The second-order valence-corrected chi connectivity index (χ2v) is 6.87. The molecule has 0 radical (unpaired) electrons. The van der Waals surface area contributed by atoms with Gasteiger partial charge in [0, 0.05) is 19.3 Å². The number of aliphatic carboxylic acids is 1. The summed E-state index contributed by atoms with van der Waals surface area (Å²) in [7, 11) is 0. The van der Waals surface area contributed by atoms with Crippen LogP contribution in [0.4, 0.5) is 0 Å². The van der Waals surface area contributed by atoms with Gasteiger partial charge in [0.15, 0.2) is 10.9 Å². The fourth-order valence-electron chi connectivity index (χ4n) is 3.05. The number of aromatic nitrogens is 2. The summed E-state index contributed by atoms with van der Waals surface area (Å²) in [6.45, 7) is 2.50. The lowest BCUT2D eigenvalue weighted by Gasteiger charge is -2.37. The molecule has 2 aromatic heterocycles. The van der Waals surface area contributed by atoms with E-state index in [9.17, 15) is 14.7 Å². The van der Waals surface area contributed by atoms with E-state index in [0.29, 0.717) is 25.1 Å². The highest BCUT2D eigenvalue weighted by atomic mass is 32.2. The molecule has 1 aliphatic heterocycles. The van der Waals surface area contributed by atoms with Crippen molar-refractivity contribution in [1.82, 2.24) is 14.3 Å². The molecular weight excluding hydrogens is 314 g/mol.